The lowest BCUT2D eigenvalue weighted by molar-refractivity contribution is 0.304. The lowest BCUT2D eigenvalue weighted by atomic mass is 9.95. The minimum atomic E-state index is 0.146. The van der Waals surface area contributed by atoms with Crippen LogP contribution < -0.4 is 10.2 Å². The van der Waals surface area contributed by atoms with Crippen LogP contribution in [0.3, 0.4) is 0 Å². The number of aliphatic hydroxyl groups excluding tert-OH is 1. The minimum absolute atomic E-state index is 0.146. The van der Waals surface area contributed by atoms with Crippen LogP contribution in [0.2, 0.25) is 0 Å². The van der Waals surface area contributed by atoms with Gasteiger partial charge in [-0.3, -0.25) is 9.38 Å². The van der Waals surface area contributed by atoms with E-state index in [1.54, 1.807) is 12.4 Å². The molecule has 0 aliphatic heterocycles. The van der Waals surface area contributed by atoms with E-state index in [-0.39, 0.29) is 6.61 Å². The van der Waals surface area contributed by atoms with Gasteiger partial charge in [0.15, 0.2) is 5.65 Å². The van der Waals surface area contributed by atoms with Gasteiger partial charge < -0.3 is 15.3 Å². The summed E-state index contributed by atoms with van der Waals surface area (Å²) in [5.74, 6) is 1.05. The molecule has 142 valence electrons. The van der Waals surface area contributed by atoms with Crippen LogP contribution in [0.1, 0.15) is 32.1 Å². The third-order valence-corrected chi connectivity index (χ3v) is 5.39. The summed E-state index contributed by atoms with van der Waals surface area (Å²) < 4.78 is 2.10. The molecular formula is C21H27N5O. The molecule has 1 aliphatic rings. The fourth-order valence-electron chi connectivity index (χ4n) is 3.84. The summed E-state index contributed by atoms with van der Waals surface area (Å²) in [7, 11) is 1.98. The first-order chi connectivity index (χ1) is 13.3. The van der Waals surface area contributed by atoms with Crippen LogP contribution in [0, 0.1) is 0 Å². The Bertz CT molecular complexity index is 883. The molecule has 6 nitrogen and oxygen atoms in total. The lowest BCUT2D eigenvalue weighted by Gasteiger charge is -2.24. The van der Waals surface area contributed by atoms with Gasteiger partial charge in [0.2, 0.25) is 0 Å². The topological polar surface area (TPSA) is 65.7 Å². The Labute approximate surface area is 159 Å². The van der Waals surface area contributed by atoms with Gasteiger partial charge in [-0.15, -0.1) is 0 Å². The molecule has 27 heavy (non-hydrogen) atoms. The highest BCUT2D eigenvalue weighted by Crippen LogP contribution is 2.32. The zero-order chi connectivity index (χ0) is 18.6. The van der Waals surface area contributed by atoms with E-state index in [0.29, 0.717) is 12.6 Å². The first-order valence-electron chi connectivity index (χ1n) is 9.77. The molecule has 0 amide bonds. The Morgan fingerprint density at radius 3 is 2.70 bits per heavy atom. The van der Waals surface area contributed by atoms with Crippen molar-refractivity contribution in [3.63, 3.8) is 0 Å². The molecule has 1 fully saturated rings. The number of aromatic nitrogens is 3. The third kappa shape index (κ3) is 3.76. The van der Waals surface area contributed by atoms with Gasteiger partial charge in [0.05, 0.1) is 12.8 Å². The van der Waals surface area contributed by atoms with Crippen LogP contribution in [0.15, 0.2) is 42.9 Å². The van der Waals surface area contributed by atoms with Crippen LogP contribution in [0.4, 0.5) is 11.5 Å². The average molecular weight is 365 g/mol. The molecule has 2 N–H and O–H groups in total. The molecule has 0 unspecified atom stereocenters. The number of hydrogen-bond donors (Lipinski definition) is 2. The molecule has 1 saturated carbocycles. The zero-order valence-electron chi connectivity index (χ0n) is 15.8. The highest BCUT2D eigenvalue weighted by Gasteiger charge is 2.19. The second-order valence-electron chi connectivity index (χ2n) is 7.28. The van der Waals surface area contributed by atoms with E-state index in [1.807, 2.05) is 18.1 Å². The van der Waals surface area contributed by atoms with Gasteiger partial charge >= 0.3 is 0 Å². The molecule has 1 aliphatic carbocycles. The first kappa shape index (κ1) is 17.8. The van der Waals surface area contributed by atoms with E-state index in [0.717, 1.165) is 28.4 Å². The molecule has 4 rings (SSSR count). The first-order valence-corrected chi connectivity index (χ1v) is 9.77. The molecule has 1 aromatic carbocycles. The van der Waals surface area contributed by atoms with Crippen molar-refractivity contribution in [3.05, 3.63) is 42.9 Å². The molecule has 0 bridgehead atoms. The quantitative estimate of drug-likeness (QED) is 0.699. The van der Waals surface area contributed by atoms with E-state index in [2.05, 4.69) is 39.0 Å². The molecule has 3 aromatic rings. The smallest absolute Gasteiger partial charge is 0.157 e. The number of fused-ring (bicyclic) bond motifs is 1. The summed E-state index contributed by atoms with van der Waals surface area (Å²) in [6, 6.07) is 8.87. The van der Waals surface area contributed by atoms with Crippen LogP contribution in [-0.4, -0.2) is 45.7 Å². The van der Waals surface area contributed by atoms with Crippen molar-refractivity contribution < 1.29 is 5.11 Å². The van der Waals surface area contributed by atoms with Crippen LogP contribution >= 0.6 is 0 Å². The molecule has 6 heteroatoms. The van der Waals surface area contributed by atoms with Crippen molar-refractivity contribution in [2.45, 2.75) is 38.1 Å². The van der Waals surface area contributed by atoms with Crippen molar-refractivity contribution in [2.75, 3.05) is 30.4 Å². The van der Waals surface area contributed by atoms with E-state index < -0.39 is 0 Å². The lowest BCUT2D eigenvalue weighted by Crippen LogP contribution is -2.23. The second-order valence-corrected chi connectivity index (χ2v) is 7.28. The fourth-order valence-corrected chi connectivity index (χ4v) is 3.84. The van der Waals surface area contributed by atoms with Gasteiger partial charge in [0.1, 0.15) is 11.5 Å². The maximum Gasteiger partial charge on any atom is 0.157 e. The van der Waals surface area contributed by atoms with Gasteiger partial charge in [0, 0.05) is 43.3 Å². The second kappa shape index (κ2) is 7.96. The van der Waals surface area contributed by atoms with Crippen LogP contribution in [-0.2, 0) is 0 Å². The third-order valence-electron chi connectivity index (χ3n) is 5.39. The Morgan fingerprint density at radius 2 is 1.96 bits per heavy atom. The van der Waals surface area contributed by atoms with Crippen molar-refractivity contribution in [3.8, 4) is 11.3 Å². The largest absolute Gasteiger partial charge is 0.395 e. The number of likely N-dealkylation sites (N-methyl/N-ethyl adjacent to an activating group) is 1. The number of aliphatic hydroxyl groups is 1. The van der Waals surface area contributed by atoms with Gasteiger partial charge in [-0.05, 0) is 25.0 Å². The summed E-state index contributed by atoms with van der Waals surface area (Å²) in [5.41, 5.74) is 3.98. The Morgan fingerprint density at radius 1 is 1.19 bits per heavy atom. The molecule has 0 spiro atoms. The summed E-state index contributed by atoms with van der Waals surface area (Å²) in [6.07, 6.45) is 11.9. The van der Waals surface area contributed by atoms with Gasteiger partial charge in [-0.1, -0.05) is 31.4 Å². The van der Waals surface area contributed by atoms with Gasteiger partial charge in [-0.25, -0.2) is 4.98 Å². The maximum atomic E-state index is 9.13. The summed E-state index contributed by atoms with van der Waals surface area (Å²) in [5, 5.41) is 12.9. The monoisotopic (exact) mass is 365 g/mol. The SMILES string of the molecule is CN(CCO)c1ccc(-c2nc3cnccn3c2NC2CCCCC2)cc1. The van der Waals surface area contributed by atoms with E-state index in [9.17, 15) is 0 Å². The molecule has 2 heterocycles. The summed E-state index contributed by atoms with van der Waals surface area (Å²) >= 11 is 0. The number of hydrogen-bond acceptors (Lipinski definition) is 5. The number of rotatable bonds is 6. The van der Waals surface area contributed by atoms with Crippen molar-refractivity contribution >= 4 is 17.2 Å². The standard InChI is InChI=1S/C21H27N5O/c1-25(13-14-27)18-9-7-16(8-10-18)20-21(23-17-5-3-2-4-6-17)26-12-11-22-15-19(26)24-20/h7-12,15,17,23,27H,2-6,13-14H2,1H3. The predicted molar refractivity (Wildman–Crippen MR) is 109 cm³/mol. The van der Waals surface area contributed by atoms with Crippen LogP contribution in [0.5, 0.6) is 0 Å². The normalized spacial score (nSPS) is 15.2. The van der Waals surface area contributed by atoms with Gasteiger partial charge in [0.25, 0.3) is 0 Å². The Kier molecular flexibility index (Phi) is 5.25. The van der Waals surface area contributed by atoms with Crippen molar-refractivity contribution in [1.29, 1.82) is 0 Å². The molecule has 0 radical (unpaired) electrons. The number of anilines is 2. The minimum Gasteiger partial charge on any atom is -0.395 e. The predicted octanol–water partition coefficient (Wildman–Crippen LogP) is 3.57. The van der Waals surface area contributed by atoms with E-state index in [1.165, 1.54) is 32.1 Å². The highest BCUT2D eigenvalue weighted by molar-refractivity contribution is 5.77. The number of benzene rings is 1. The number of nitrogens with zero attached hydrogens (tertiary/aromatic N) is 4. The Hall–Kier alpha value is -2.60. The number of imidazole rings is 1. The highest BCUT2D eigenvalue weighted by atomic mass is 16.3. The molecule has 0 saturated heterocycles. The zero-order valence-corrected chi connectivity index (χ0v) is 15.8. The molecule has 2 aromatic heterocycles. The van der Waals surface area contributed by atoms with Crippen molar-refractivity contribution in [1.82, 2.24) is 14.4 Å². The number of nitrogens with one attached hydrogen (secondary N) is 1. The molecule has 0 atom stereocenters. The van der Waals surface area contributed by atoms with Crippen LogP contribution in [0.25, 0.3) is 16.9 Å². The summed E-state index contributed by atoms with van der Waals surface area (Å²) in [6.45, 7) is 0.765. The fraction of sp³-hybridized carbons (Fsp3) is 0.429. The van der Waals surface area contributed by atoms with E-state index >= 15 is 0 Å². The van der Waals surface area contributed by atoms with Gasteiger partial charge in [-0.2, -0.15) is 0 Å². The molecular weight excluding hydrogens is 338 g/mol. The summed E-state index contributed by atoms with van der Waals surface area (Å²) in [4.78, 5) is 11.1. The maximum absolute atomic E-state index is 9.13. The van der Waals surface area contributed by atoms with E-state index in [4.69, 9.17) is 10.1 Å². The average Bonchev–Trinajstić information content (AvgIpc) is 3.08. The Balaban J connectivity index is 1.69. The van der Waals surface area contributed by atoms with Crippen molar-refractivity contribution in [2.24, 2.45) is 0 Å².